The molecule has 2 aromatic rings. The van der Waals surface area contributed by atoms with E-state index in [2.05, 4.69) is 15.1 Å². The Morgan fingerprint density at radius 3 is 2.92 bits per heavy atom. The third-order valence-electron chi connectivity index (χ3n) is 5.61. The summed E-state index contributed by atoms with van der Waals surface area (Å²) < 4.78 is 3.01. The number of aromatic nitrogens is 4. The lowest BCUT2D eigenvalue weighted by Gasteiger charge is -2.25. The minimum Gasteiger partial charge on any atom is -0.294 e. The van der Waals surface area contributed by atoms with Gasteiger partial charge in [-0.1, -0.05) is 0 Å². The molecule has 4 rings (SSSR count). The van der Waals surface area contributed by atoms with Crippen molar-refractivity contribution in [2.24, 2.45) is 7.05 Å². The molecule has 1 aliphatic heterocycles. The monoisotopic (exact) mass is 355 g/mol. The van der Waals surface area contributed by atoms with Crippen LogP contribution in [0.3, 0.4) is 0 Å². The topological polar surface area (TPSA) is 73.0 Å². The fourth-order valence-corrected chi connectivity index (χ4v) is 4.14. The van der Waals surface area contributed by atoms with Gasteiger partial charge >= 0.3 is 0 Å². The summed E-state index contributed by atoms with van der Waals surface area (Å²) in [7, 11) is 1.67. The first-order chi connectivity index (χ1) is 12.6. The van der Waals surface area contributed by atoms with Crippen LogP contribution in [0.2, 0.25) is 0 Å². The maximum Gasteiger partial charge on any atom is 0.270 e. The van der Waals surface area contributed by atoms with Crippen LogP contribution in [0.25, 0.3) is 0 Å². The highest BCUT2D eigenvalue weighted by Crippen LogP contribution is 2.21. The zero-order valence-corrected chi connectivity index (χ0v) is 15.2. The van der Waals surface area contributed by atoms with E-state index < -0.39 is 0 Å². The molecule has 1 unspecified atom stereocenters. The molecule has 2 aliphatic rings. The predicted octanol–water partition coefficient (Wildman–Crippen LogP) is 0.880. The Morgan fingerprint density at radius 2 is 2.04 bits per heavy atom. The van der Waals surface area contributed by atoms with E-state index in [-0.39, 0.29) is 17.2 Å². The number of fused-ring (bicyclic) bond motifs is 1. The normalized spacial score (nSPS) is 20.3. The molecule has 0 N–H and O–H groups in total. The van der Waals surface area contributed by atoms with Crippen LogP contribution in [0.4, 0.5) is 0 Å². The first-order valence-electron chi connectivity index (χ1n) is 9.47. The highest BCUT2D eigenvalue weighted by molar-refractivity contribution is 5.20. The third kappa shape index (κ3) is 3.35. The van der Waals surface area contributed by atoms with Crippen molar-refractivity contribution >= 4 is 0 Å². The quantitative estimate of drug-likeness (QED) is 0.814. The first kappa shape index (κ1) is 17.1. The summed E-state index contributed by atoms with van der Waals surface area (Å²) in [6.07, 6.45) is 8.01. The molecule has 1 saturated heterocycles. The van der Waals surface area contributed by atoms with E-state index in [1.807, 2.05) is 0 Å². The maximum absolute atomic E-state index is 12.5. The molecular formula is C19H25N5O2. The smallest absolute Gasteiger partial charge is 0.270 e. The van der Waals surface area contributed by atoms with Crippen molar-refractivity contribution in [1.82, 2.24) is 24.5 Å². The van der Waals surface area contributed by atoms with E-state index in [9.17, 15) is 9.59 Å². The molecule has 0 radical (unpaired) electrons. The molecule has 3 heterocycles. The Labute approximate surface area is 152 Å². The minimum absolute atomic E-state index is 0.00248. The van der Waals surface area contributed by atoms with Crippen LogP contribution in [-0.2, 0) is 33.0 Å². The molecule has 0 bridgehead atoms. The molecule has 1 atom stereocenters. The van der Waals surface area contributed by atoms with Crippen molar-refractivity contribution < 1.29 is 0 Å². The highest BCUT2D eigenvalue weighted by atomic mass is 16.1. The predicted molar refractivity (Wildman–Crippen MR) is 98.0 cm³/mol. The lowest BCUT2D eigenvalue weighted by atomic mass is 9.97. The number of hydrogen-bond acceptors (Lipinski definition) is 5. The Bertz CT molecular complexity index is 917. The minimum atomic E-state index is -0.0535. The summed E-state index contributed by atoms with van der Waals surface area (Å²) in [5.41, 5.74) is 2.91. The van der Waals surface area contributed by atoms with Gasteiger partial charge in [-0.15, -0.1) is 0 Å². The van der Waals surface area contributed by atoms with Crippen LogP contribution in [0.15, 0.2) is 27.9 Å². The molecule has 1 fully saturated rings. The van der Waals surface area contributed by atoms with Gasteiger partial charge in [0.1, 0.15) is 0 Å². The molecule has 7 heteroatoms. The van der Waals surface area contributed by atoms with Crippen molar-refractivity contribution in [2.75, 3.05) is 6.54 Å². The average Bonchev–Trinajstić information content (AvgIpc) is 3.06. The van der Waals surface area contributed by atoms with Gasteiger partial charge in [-0.05, 0) is 56.7 Å². The van der Waals surface area contributed by atoms with E-state index in [1.54, 1.807) is 30.1 Å². The number of likely N-dealkylation sites (tertiary alicyclic amines) is 1. The molecule has 7 nitrogen and oxygen atoms in total. The molecule has 0 spiro atoms. The van der Waals surface area contributed by atoms with Crippen LogP contribution in [0.1, 0.15) is 42.5 Å². The van der Waals surface area contributed by atoms with E-state index in [4.69, 9.17) is 0 Å². The van der Waals surface area contributed by atoms with Crippen molar-refractivity contribution in [1.29, 1.82) is 0 Å². The SMILES string of the molecule is Cn1nccc(CN2CCCC2Cn2nc3c(cc2=O)CCCC3)c1=O. The number of aryl methyl sites for hydroxylation is 3. The first-order valence-corrected chi connectivity index (χ1v) is 9.47. The lowest BCUT2D eigenvalue weighted by Crippen LogP contribution is -2.39. The summed E-state index contributed by atoms with van der Waals surface area (Å²) in [6.45, 7) is 2.13. The van der Waals surface area contributed by atoms with E-state index in [0.29, 0.717) is 13.1 Å². The van der Waals surface area contributed by atoms with Gasteiger partial charge in [0.2, 0.25) is 0 Å². The maximum atomic E-state index is 12.5. The van der Waals surface area contributed by atoms with Crippen LogP contribution in [0, 0.1) is 0 Å². The zero-order valence-electron chi connectivity index (χ0n) is 15.2. The van der Waals surface area contributed by atoms with Gasteiger partial charge in [-0.25, -0.2) is 9.36 Å². The molecule has 138 valence electrons. The summed E-state index contributed by atoms with van der Waals surface area (Å²) in [5.74, 6) is 0. The number of nitrogens with zero attached hydrogens (tertiary/aromatic N) is 5. The van der Waals surface area contributed by atoms with E-state index in [0.717, 1.165) is 61.9 Å². The Morgan fingerprint density at radius 1 is 1.19 bits per heavy atom. The Hall–Kier alpha value is -2.28. The molecule has 26 heavy (non-hydrogen) atoms. The number of rotatable bonds is 4. The van der Waals surface area contributed by atoms with Crippen LogP contribution in [0.5, 0.6) is 0 Å². The molecule has 1 aliphatic carbocycles. The van der Waals surface area contributed by atoms with Crippen molar-refractivity contribution in [2.45, 2.75) is 57.7 Å². The summed E-state index contributed by atoms with van der Waals surface area (Å²) >= 11 is 0. The Balaban J connectivity index is 1.53. The van der Waals surface area contributed by atoms with Crippen molar-refractivity contribution in [3.63, 3.8) is 0 Å². The molecule has 0 amide bonds. The fraction of sp³-hybridized carbons (Fsp3) is 0.579. The third-order valence-corrected chi connectivity index (χ3v) is 5.61. The van der Waals surface area contributed by atoms with Gasteiger partial charge in [0.05, 0.1) is 12.2 Å². The van der Waals surface area contributed by atoms with Crippen molar-refractivity contribution in [3.05, 3.63) is 55.9 Å². The van der Waals surface area contributed by atoms with Gasteiger partial charge < -0.3 is 0 Å². The van der Waals surface area contributed by atoms with Gasteiger partial charge in [0.25, 0.3) is 11.1 Å². The Kier molecular flexibility index (Phi) is 4.72. The molecule has 0 saturated carbocycles. The van der Waals surface area contributed by atoms with Gasteiger partial charge in [0.15, 0.2) is 0 Å². The highest BCUT2D eigenvalue weighted by Gasteiger charge is 2.27. The zero-order chi connectivity index (χ0) is 18.1. The van der Waals surface area contributed by atoms with E-state index >= 15 is 0 Å². The van der Waals surface area contributed by atoms with Crippen molar-refractivity contribution in [3.8, 4) is 0 Å². The standard InChI is InChI=1S/C19H25N5O2/c1-22-19(26)15(8-9-20-22)12-23-10-4-6-16(23)13-24-18(25)11-14-5-2-3-7-17(14)21-24/h8-9,11,16H,2-7,10,12-13H2,1H3. The lowest BCUT2D eigenvalue weighted by molar-refractivity contribution is 0.214. The fourth-order valence-electron chi connectivity index (χ4n) is 4.14. The molecular weight excluding hydrogens is 330 g/mol. The summed E-state index contributed by atoms with van der Waals surface area (Å²) in [6, 6.07) is 3.81. The van der Waals surface area contributed by atoms with Gasteiger partial charge in [-0.3, -0.25) is 14.5 Å². The van der Waals surface area contributed by atoms with E-state index in [1.165, 1.54) is 4.68 Å². The second-order valence-corrected chi connectivity index (χ2v) is 7.40. The molecule has 0 aromatic carbocycles. The summed E-state index contributed by atoms with van der Waals surface area (Å²) in [5, 5.41) is 8.63. The molecule has 2 aromatic heterocycles. The van der Waals surface area contributed by atoms with Crippen LogP contribution >= 0.6 is 0 Å². The largest absolute Gasteiger partial charge is 0.294 e. The average molecular weight is 355 g/mol. The summed E-state index contributed by atoms with van der Waals surface area (Å²) in [4.78, 5) is 27.0. The number of hydrogen-bond donors (Lipinski definition) is 0. The van der Waals surface area contributed by atoms with Crippen LogP contribution in [-0.4, -0.2) is 37.0 Å². The second-order valence-electron chi connectivity index (χ2n) is 7.40. The van der Waals surface area contributed by atoms with Gasteiger partial charge in [-0.2, -0.15) is 10.2 Å². The van der Waals surface area contributed by atoms with Gasteiger partial charge in [0, 0.05) is 37.5 Å². The second kappa shape index (κ2) is 7.15. The van der Waals surface area contributed by atoms with Crippen LogP contribution < -0.4 is 11.1 Å².